The minimum absolute atomic E-state index is 0.0347. The Morgan fingerprint density at radius 3 is 2.94 bits per heavy atom. The van der Waals surface area contributed by atoms with Crippen LogP contribution in [0.1, 0.15) is 12.5 Å². The fraction of sp³-hybridized carbons (Fsp3) is 0.167. The van der Waals surface area contributed by atoms with Crippen LogP contribution in [0.2, 0.25) is 5.02 Å². The number of ether oxygens (including phenoxy) is 1. The van der Waals surface area contributed by atoms with E-state index in [2.05, 4.69) is 9.73 Å². The van der Waals surface area contributed by atoms with Crippen molar-refractivity contribution in [2.45, 2.75) is 6.92 Å². The first-order valence-corrected chi connectivity index (χ1v) is 5.38. The van der Waals surface area contributed by atoms with E-state index in [-0.39, 0.29) is 22.9 Å². The molecule has 0 N–H and O–H groups in total. The number of nitrogens with zero attached hydrogens (tertiary/aromatic N) is 1. The largest absolute Gasteiger partial charge is 0.463 e. The average molecular weight is 270 g/mol. The number of aliphatic imine (C=N–C) groups is 1. The van der Waals surface area contributed by atoms with Crippen molar-refractivity contribution in [2.24, 2.45) is 4.99 Å². The van der Waals surface area contributed by atoms with E-state index in [0.717, 1.165) is 12.2 Å². The van der Waals surface area contributed by atoms with Crippen LogP contribution in [0.3, 0.4) is 0 Å². The molecule has 1 rings (SSSR count). The summed E-state index contributed by atoms with van der Waals surface area (Å²) in [6.45, 7) is 1.86. The van der Waals surface area contributed by atoms with Crippen LogP contribution in [-0.2, 0) is 14.3 Å². The van der Waals surface area contributed by atoms with Gasteiger partial charge in [-0.15, -0.1) is 0 Å². The monoisotopic (exact) mass is 269 g/mol. The lowest BCUT2D eigenvalue weighted by Crippen LogP contribution is -1.99. The van der Waals surface area contributed by atoms with Gasteiger partial charge < -0.3 is 4.74 Å². The zero-order valence-corrected chi connectivity index (χ0v) is 10.2. The molecule has 18 heavy (non-hydrogen) atoms. The topological polar surface area (TPSA) is 55.7 Å². The number of esters is 1. The molecule has 0 spiro atoms. The van der Waals surface area contributed by atoms with Crippen molar-refractivity contribution >= 4 is 35.4 Å². The van der Waals surface area contributed by atoms with Crippen molar-refractivity contribution in [3.8, 4) is 0 Å². The van der Waals surface area contributed by atoms with Gasteiger partial charge in [-0.05, 0) is 25.1 Å². The lowest BCUT2D eigenvalue weighted by molar-refractivity contribution is -0.137. The maximum atomic E-state index is 13.7. The van der Waals surface area contributed by atoms with E-state index in [4.69, 9.17) is 11.6 Å². The predicted octanol–water partition coefficient (Wildman–Crippen LogP) is 3.02. The number of benzene rings is 1. The molecule has 0 bridgehead atoms. The number of halogens is 2. The Bertz CT molecular complexity index is 536. The van der Waals surface area contributed by atoms with Crippen LogP contribution in [0, 0.1) is 5.82 Å². The number of carbonyl (C=O) groups excluding carboxylic acids is 2. The Hall–Kier alpha value is -1.97. The molecule has 0 radical (unpaired) electrons. The molecule has 0 aromatic heterocycles. The van der Waals surface area contributed by atoms with Crippen molar-refractivity contribution in [1.82, 2.24) is 0 Å². The van der Waals surface area contributed by atoms with Crippen molar-refractivity contribution in [1.29, 1.82) is 0 Å². The first-order chi connectivity index (χ1) is 8.60. The fourth-order valence-electron chi connectivity index (χ4n) is 1.20. The van der Waals surface area contributed by atoms with Gasteiger partial charge in [-0.1, -0.05) is 11.6 Å². The van der Waals surface area contributed by atoms with Gasteiger partial charge in [-0.3, -0.25) is 0 Å². The van der Waals surface area contributed by atoms with Gasteiger partial charge in [0.25, 0.3) is 0 Å². The van der Waals surface area contributed by atoms with E-state index in [1.165, 1.54) is 18.2 Å². The minimum Gasteiger partial charge on any atom is -0.463 e. The molecule has 0 saturated carbocycles. The molecule has 0 saturated heterocycles. The van der Waals surface area contributed by atoms with Gasteiger partial charge in [0.1, 0.15) is 0 Å². The van der Waals surface area contributed by atoms with Crippen LogP contribution in [0.5, 0.6) is 0 Å². The first-order valence-electron chi connectivity index (χ1n) is 5.00. The highest BCUT2D eigenvalue weighted by Crippen LogP contribution is 2.28. The summed E-state index contributed by atoms with van der Waals surface area (Å²) in [5.74, 6) is -1.40. The summed E-state index contributed by atoms with van der Waals surface area (Å²) in [4.78, 5) is 24.6. The van der Waals surface area contributed by atoms with Crippen LogP contribution in [0.4, 0.5) is 10.1 Å². The molecule has 94 valence electrons. The van der Waals surface area contributed by atoms with Gasteiger partial charge in [-0.2, -0.15) is 4.99 Å². The Morgan fingerprint density at radius 1 is 1.61 bits per heavy atom. The molecule has 1 aromatic carbocycles. The Morgan fingerprint density at radius 2 is 2.33 bits per heavy atom. The molecule has 6 heteroatoms. The van der Waals surface area contributed by atoms with Crippen molar-refractivity contribution in [2.75, 3.05) is 6.61 Å². The van der Waals surface area contributed by atoms with Gasteiger partial charge >= 0.3 is 5.97 Å². The second kappa shape index (κ2) is 6.69. The molecule has 0 unspecified atom stereocenters. The smallest absolute Gasteiger partial charge is 0.330 e. The summed E-state index contributed by atoms with van der Waals surface area (Å²) in [6, 6.07) is 2.61. The number of rotatable bonds is 4. The van der Waals surface area contributed by atoms with Crippen LogP contribution in [-0.4, -0.2) is 18.7 Å². The minimum atomic E-state index is -0.770. The maximum Gasteiger partial charge on any atom is 0.330 e. The Balaban J connectivity index is 3.16. The number of isocyanates is 1. The van der Waals surface area contributed by atoms with E-state index in [0.29, 0.717) is 0 Å². The Kier molecular flexibility index (Phi) is 5.24. The van der Waals surface area contributed by atoms with Gasteiger partial charge in [0.2, 0.25) is 6.08 Å². The predicted molar refractivity (Wildman–Crippen MR) is 64.9 cm³/mol. The van der Waals surface area contributed by atoms with Crippen molar-refractivity contribution in [3.05, 3.63) is 34.6 Å². The van der Waals surface area contributed by atoms with Crippen LogP contribution in [0.25, 0.3) is 6.08 Å². The number of carbonyl (C=O) groups is 1. The highest BCUT2D eigenvalue weighted by Gasteiger charge is 2.10. The standard InChI is InChI=1S/C12H9ClFNO3/c1-2-18-11(17)6-3-8-10(15-7-16)5-4-9(13)12(8)14/h3-6H,2H2,1H3/b6-3+. The summed E-state index contributed by atoms with van der Waals surface area (Å²) in [7, 11) is 0. The second-order valence-corrected chi connectivity index (χ2v) is 3.49. The SMILES string of the molecule is CCOC(=O)/C=C/c1c(N=C=O)ccc(Cl)c1F. The zero-order chi connectivity index (χ0) is 13.5. The summed E-state index contributed by atoms with van der Waals surface area (Å²) in [5.41, 5.74) is -0.0358. The zero-order valence-electron chi connectivity index (χ0n) is 9.44. The lowest BCUT2D eigenvalue weighted by Gasteiger charge is -2.02. The highest BCUT2D eigenvalue weighted by atomic mass is 35.5. The summed E-state index contributed by atoms with van der Waals surface area (Å²) < 4.78 is 18.3. The van der Waals surface area contributed by atoms with E-state index < -0.39 is 11.8 Å². The van der Waals surface area contributed by atoms with Gasteiger partial charge in [0.15, 0.2) is 5.82 Å². The molecule has 0 aliphatic carbocycles. The normalized spacial score (nSPS) is 10.2. The van der Waals surface area contributed by atoms with Crippen LogP contribution < -0.4 is 0 Å². The molecule has 0 fully saturated rings. The average Bonchev–Trinajstić information content (AvgIpc) is 2.34. The van der Waals surface area contributed by atoms with Crippen LogP contribution in [0.15, 0.2) is 23.2 Å². The third-order valence-corrected chi connectivity index (χ3v) is 2.24. The molecular weight excluding hydrogens is 261 g/mol. The van der Waals surface area contributed by atoms with Gasteiger partial charge in [0, 0.05) is 11.6 Å². The quantitative estimate of drug-likeness (QED) is 0.365. The molecule has 0 heterocycles. The summed E-state index contributed by atoms with van der Waals surface area (Å²) >= 11 is 5.60. The second-order valence-electron chi connectivity index (χ2n) is 3.08. The van der Waals surface area contributed by atoms with E-state index in [1.54, 1.807) is 6.92 Å². The summed E-state index contributed by atoms with van der Waals surface area (Å²) in [6.07, 6.45) is 3.48. The molecule has 4 nitrogen and oxygen atoms in total. The number of hydrogen-bond acceptors (Lipinski definition) is 4. The molecule has 0 aliphatic heterocycles. The van der Waals surface area contributed by atoms with Gasteiger partial charge in [0.05, 0.1) is 17.3 Å². The van der Waals surface area contributed by atoms with E-state index in [9.17, 15) is 14.0 Å². The molecule has 0 amide bonds. The molecule has 0 atom stereocenters. The third-order valence-electron chi connectivity index (χ3n) is 1.95. The van der Waals surface area contributed by atoms with E-state index >= 15 is 0 Å². The number of hydrogen-bond donors (Lipinski definition) is 0. The fourth-order valence-corrected chi connectivity index (χ4v) is 1.37. The van der Waals surface area contributed by atoms with Crippen molar-refractivity contribution in [3.63, 3.8) is 0 Å². The van der Waals surface area contributed by atoms with Crippen LogP contribution >= 0.6 is 11.6 Å². The molecule has 0 aliphatic rings. The van der Waals surface area contributed by atoms with Crippen molar-refractivity contribution < 1.29 is 18.7 Å². The van der Waals surface area contributed by atoms with E-state index in [1.807, 2.05) is 0 Å². The third kappa shape index (κ3) is 3.52. The molecular formula is C12H9ClFNO3. The van der Waals surface area contributed by atoms with Gasteiger partial charge in [-0.25, -0.2) is 14.0 Å². The maximum absolute atomic E-state index is 13.7. The first kappa shape index (κ1) is 14.1. The highest BCUT2D eigenvalue weighted by molar-refractivity contribution is 6.31. The Labute approximate surface area is 108 Å². The molecule has 1 aromatic rings. The lowest BCUT2D eigenvalue weighted by atomic mass is 10.1. The summed E-state index contributed by atoms with van der Waals surface area (Å²) in [5, 5.41) is -0.136.